The number of benzene rings is 1. The van der Waals surface area contributed by atoms with Gasteiger partial charge < -0.3 is 25.0 Å². The van der Waals surface area contributed by atoms with E-state index in [1.165, 1.54) is 4.90 Å². The molecule has 2 amide bonds. The Balaban J connectivity index is 1.55. The maximum Gasteiger partial charge on any atom is 0.389 e. The molecule has 1 aromatic heterocycles. The van der Waals surface area contributed by atoms with Crippen molar-refractivity contribution in [2.75, 3.05) is 56.2 Å². The number of pyridine rings is 1. The number of anilines is 2. The molecule has 2 aliphatic heterocycles. The maximum absolute atomic E-state index is 12.8. The first kappa shape index (κ1) is 26.0. The summed E-state index contributed by atoms with van der Waals surface area (Å²) in [5.41, 5.74) is 4.07. The number of rotatable bonds is 6. The lowest BCUT2D eigenvalue weighted by Gasteiger charge is -2.28. The average Bonchev–Trinajstić information content (AvgIpc) is 3.31. The summed E-state index contributed by atoms with van der Waals surface area (Å²) in [6.07, 6.45) is -1.36. The van der Waals surface area contributed by atoms with Crippen LogP contribution in [0.15, 0.2) is 36.4 Å². The summed E-state index contributed by atoms with van der Waals surface area (Å²) >= 11 is 0. The van der Waals surface area contributed by atoms with Crippen molar-refractivity contribution in [3.63, 3.8) is 0 Å². The number of likely N-dealkylation sites (tertiary alicyclic amines) is 1. The Labute approximate surface area is 208 Å². The predicted molar refractivity (Wildman–Crippen MR) is 133 cm³/mol. The first-order valence-corrected chi connectivity index (χ1v) is 12.1. The number of hydrogen-bond donors (Lipinski definition) is 2. The highest BCUT2D eigenvalue weighted by molar-refractivity contribution is 5.91. The van der Waals surface area contributed by atoms with E-state index in [1.54, 1.807) is 18.2 Å². The number of aromatic nitrogens is 1. The van der Waals surface area contributed by atoms with Crippen LogP contribution >= 0.6 is 0 Å². The lowest BCUT2D eigenvalue weighted by molar-refractivity contribution is -0.143. The van der Waals surface area contributed by atoms with Crippen LogP contribution < -0.4 is 10.2 Å². The highest BCUT2D eigenvalue weighted by Gasteiger charge is 2.36. The van der Waals surface area contributed by atoms with Gasteiger partial charge in [0.15, 0.2) is 0 Å². The van der Waals surface area contributed by atoms with Gasteiger partial charge in [-0.2, -0.15) is 13.2 Å². The van der Waals surface area contributed by atoms with Gasteiger partial charge in [0, 0.05) is 38.3 Å². The van der Waals surface area contributed by atoms with Gasteiger partial charge >= 0.3 is 12.2 Å². The fourth-order valence-corrected chi connectivity index (χ4v) is 4.63. The van der Waals surface area contributed by atoms with Crippen molar-refractivity contribution in [1.82, 2.24) is 9.88 Å². The fourth-order valence-electron chi connectivity index (χ4n) is 4.63. The highest BCUT2D eigenvalue weighted by Crippen LogP contribution is 2.32. The van der Waals surface area contributed by atoms with Gasteiger partial charge in [-0.1, -0.05) is 12.1 Å². The molecule has 4 rings (SSSR count). The molecule has 2 fully saturated rings. The van der Waals surface area contributed by atoms with E-state index in [-0.39, 0.29) is 13.2 Å². The SMILES string of the molecule is Cc1ccc(NC(=O)N2CCC(CC(F)(F)F)C2)cc1-c1cc(/C=C/CO)nc(N2CCOCC2)c1. The molecular weight excluding hydrogens is 473 g/mol. The van der Waals surface area contributed by atoms with Crippen LogP contribution in [0.1, 0.15) is 24.1 Å². The van der Waals surface area contributed by atoms with Gasteiger partial charge in [0.1, 0.15) is 5.82 Å². The average molecular weight is 505 g/mol. The molecule has 3 heterocycles. The van der Waals surface area contributed by atoms with Gasteiger partial charge in [-0.15, -0.1) is 0 Å². The minimum atomic E-state index is -4.22. The standard InChI is InChI=1S/C26H31F3N4O3/c1-18-4-5-22(31-25(35)33-7-6-19(17-33)16-26(27,28)29)15-23(18)20-13-21(3-2-10-34)30-24(14-20)32-8-11-36-12-9-32/h2-5,13-15,19,34H,6-12,16-17H2,1H3,(H,31,35)/b3-2+. The normalized spacial score (nSPS) is 18.8. The summed E-state index contributed by atoms with van der Waals surface area (Å²) in [7, 11) is 0. The summed E-state index contributed by atoms with van der Waals surface area (Å²) in [5, 5.41) is 12.1. The van der Waals surface area contributed by atoms with Crippen molar-refractivity contribution in [2.45, 2.75) is 25.9 Å². The number of hydrogen-bond acceptors (Lipinski definition) is 5. The molecule has 0 saturated carbocycles. The van der Waals surface area contributed by atoms with E-state index >= 15 is 0 Å². The summed E-state index contributed by atoms with van der Waals surface area (Å²) in [5.74, 6) is 0.236. The van der Waals surface area contributed by atoms with Gasteiger partial charge in [-0.25, -0.2) is 9.78 Å². The Hall–Kier alpha value is -3.11. The number of amides is 2. The number of aliphatic hydroxyl groups is 1. The van der Waals surface area contributed by atoms with Crippen molar-refractivity contribution < 1.29 is 27.8 Å². The Morgan fingerprint density at radius 1 is 1.22 bits per heavy atom. The number of carbonyl (C=O) groups is 1. The monoisotopic (exact) mass is 504 g/mol. The molecule has 36 heavy (non-hydrogen) atoms. The smallest absolute Gasteiger partial charge is 0.389 e. The first-order valence-electron chi connectivity index (χ1n) is 12.1. The van der Waals surface area contributed by atoms with E-state index in [0.717, 1.165) is 35.6 Å². The molecule has 194 valence electrons. The van der Waals surface area contributed by atoms with E-state index in [1.807, 2.05) is 31.2 Å². The molecule has 2 aromatic rings. The van der Waals surface area contributed by atoms with E-state index in [4.69, 9.17) is 9.72 Å². The Bertz CT molecular complexity index is 1100. The molecule has 0 spiro atoms. The van der Waals surface area contributed by atoms with Crippen LogP contribution in [-0.2, 0) is 4.74 Å². The largest absolute Gasteiger partial charge is 0.392 e. The summed E-state index contributed by atoms with van der Waals surface area (Å²) in [4.78, 5) is 21.1. The predicted octanol–water partition coefficient (Wildman–Crippen LogP) is 4.71. The zero-order valence-electron chi connectivity index (χ0n) is 20.2. The van der Waals surface area contributed by atoms with Crippen LogP contribution in [0.5, 0.6) is 0 Å². The number of alkyl halides is 3. The van der Waals surface area contributed by atoms with Crippen molar-refractivity contribution >= 4 is 23.6 Å². The molecule has 2 saturated heterocycles. The molecule has 2 aliphatic rings. The number of nitrogens with zero attached hydrogens (tertiary/aromatic N) is 3. The number of morpholine rings is 1. The van der Waals surface area contributed by atoms with E-state index in [2.05, 4.69) is 10.2 Å². The highest BCUT2D eigenvalue weighted by atomic mass is 19.4. The van der Waals surface area contributed by atoms with Gasteiger partial charge in [0.05, 0.1) is 25.5 Å². The number of carbonyl (C=O) groups excluding carboxylic acids is 1. The number of urea groups is 1. The Kier molecular flexibility index (Phi) is 8.15. The topological polar surface area (TPSA) is 77.9 Å². The second-order valence-corrected chi connectivity index (χ2v) is 9.20. The lowest BCUT2D eigenvalue weighted by atomic mass is 9.99. The van der Waals surface area contributed by atoms with E-state index in [0.29, 0.717) is 37.6 Å². The molecule has 0 radical (unpaired) electrons. The summed E-state index contributed by atoms with van der Waals surface area (Å²) in [6.45, 7) is 4.96. The van der Waals surface area contributed by atoms with Crippen molar-refractivity contribution in [2.24, 2.45) is 5.92 Å². The van der Waals surface area contributed by atoms with Gasteiger partial charge in [-0.3, -0.25) is 0 Å². The number of halogens is 3. The lowest BCUT2D eigenvalue weighted by Crippen LogP contribution is -2.36. The number of ether oxygens (including phenoxy) is 1. The van der Waals surface area contributed by atoms with Crippen LogP contribution in [-0.4, -0.2) is 73.2 Å². The molecule has 2 N–H and O–H groups in total. The van der Waals surface area contributed by atoms with Crippen LogP contribution in [0, 0.1) is 12.8 Å². The minimum absolute atomic E-state index is 0.0951. The Morgan fingerprint density at radius 2 is 2.00 bits per heavy atom. The van der Waals surface area contributed by atoms with Crippen LogP contribution in [0.3, 0.4) is 0 Å². The van der Waals surface area contributed by atoms with Gasteiger partial charge in [0.25, 0.3) is 0 Å². The molecule has 1 unspecified atom stereocenters. The summed E-state index contributed by atoms with van der Waals surface area (Å²) < 4.78 is 43.6. The maximum atomic E-state index is 12.8. The zero-order valence-corrected chi connectivity index (χ0v) is 20.2. The molecule has 1 aromatic carbocycles. The second kappa shape index (κ2) is 11.3. The third kappa shape index (κ3) is 6.76. The van der Waals surface area contributed by atoms with Gasteiger partial charge in [-0.05, 0) is 66.3 Å². The second-order valence-electron chi connectivity index (χ2n) is 9.20. The zero-order chi connectivity index (χ0) is 25.7. The fraction of sp³-hybridized carbons (Fsp3) is 0.462. The first-order chi connectivity index (χ1) is 17.2. The third-order valence-corrected chi connectivity index (χ3v) is 6.45. The van der Waals surface area contributed by atoms with Crippen molar-refractivity contribution in [1.29, 1.82) is 0 Å². The number of aryl methyl sites for hydroxylation is 1. The molecule has 7 nitrogen and oxygen atoms in total. The molecule has 0 aliphatic carbocycles. The number of nitrogens with one attached hydrogen (secondary N) is 1. The van der Waals surface area contributed by atoms with Crippen molar-refractivity contribution in [3.8, 4) is 11.1 Å². The minimum Gasteiger partial charge on any atom is -0.392 e. The third-order valence-electron chi connectivity index (χ3n) is 6.45. The molecular formula is C26H31F3N4O3. The molecule has 1 atom stereocenters. The van der Waals surface area contributed by atoms with Crippen LogP contribution in [0.4, 0.5) is 29.5 Å². The Morgan fingerprint density at radius 3 is 2.72 bits per heavy atom. The van der Waals surface area contributed by atoms with Gasteiger partial charge in [0.2, 0.25) is 0 Å². The van der Waals surface area contributed by atoms with Crippen molar-refractivity contribution in [3.05, 3.63) is 47.7 Å². The summed E-state index contributed by atoms with van der Waals surface area (Å²) in [6, 6.07) is 9.08. The van der Waals surface area contributed by atoms with Crippen LogP contribution in [0.25, 0.3) is 17.2 Å². The number of aliphatic hydroxyl groups excluding tert-OH is 1. The quantitative estimate of drug-likeness (QED) is 0.596. The van der Waals surface area contributed by atoms with E-state index < -0.39 is 24.5 Å². The van der Waals surface area contributed by atoms with E-state index in [9.17, 15) is 23.1 Å². The van der Waals surface area contributed by atoms with Crippen LogP contribution in [0.2, 0.25) is 0 Å². The molecule has 10 heteroatoms. The molecule has 0 bridgehead atoms.